The minimum atomic E-state index is 0.292. The normalized spacial score (nSPS) is 14.1. The Hall–Kier alpha value is -1.67. The van der Waals surface area contributed by atoms with Crippen LogP contribution < -0.4 is 5.32 Å². The highest BCUT2D eigenvalue weighted by Gasteiger charge is 2.19. The molecule has 1 aromatic carbocycles. The summed E-state index contributed by atoms with van der Waals surface area (Å²) in [5, 5.41) is 3.41. The maximum atomic E-state index is 4.47. The standard InChI is InChI=1S/C17H22N2/c1-4-14-8-10-15(11-9-14)17(18-3)13(2)16-7-5-6-12-19-16/h5-13,17-18H,4H2,1-3H3. The summed E-state index contributed by atoms with van der Waals surface area (Å²) in [6, 6.07) is 15.3. The fraction of sp³-hybridized carbons (Fsp3) is 0.353. The highest BCUT2D eigenvalue weighted by Crippen LogP contribution is 2.29. The van der Waals surface area contributed by atoms with Gasteiger partial charge in [-0.2, -0.15) is 0 Å². The number of pyridine rings is 1. The molecule has 0 radical (unpaired) electrons. The second kappa shape index (κ2) is 6.48. The van der Waals surface area contributed by atoms with Crippen molar-refractivity contribution < 1.29 is 0 Å². The van der Waals surface area contributed by atoms with E-state index in [1.807, 2.05) is 25.4 Å². The van der Waals surface area contributed by atoms with Crippen LogP contribution in [0.15, 0.2) is 48.7 Å². The summed E-state index contributed by atoms with van der Waals surface area (Å²) in [6.45, 7) is 4.40. The molecule has 2 nitrogen and oxygen atoms in total. The van der Waals surface area contributed by atoms with Gasteiger partial charge in [0.15, 0.2) is 0 Å². The molecule has 2 heteroatoms. The quantitative estimate of drug-likeness (QED) is 0.880. The van der Waals surface area contributed by atoms with E-state index in [1.165, 1.54) is 11.1 Å². The number of hydrogen-bond donors (Lipinski definition) is 1. The number of nitrogens with one attached hydrogen (secondary N) is 1. The number of aryl methyl sites for hydroxylation is 1. The van der Waals surface area contributed by atoms with E-state index in [-0.39, 0.29) is 0 Å². The Morgan fingerprint density at radius 3 is 2.37 bits per heavy atom. The molecule has 2 aromatic rings. The molecule has 0 fully saturated rings. The summed E-state index contributed by atoms with van der Waals surface area (Å²) in [4.78, 5) is 4.47. The predicted octanol–water partition coefficient (Wildman–Crippen LogP) is 3.71. The zero-order valence-electron chi connectivity index (χ0n) is 11.9. The van der Waals surface area contributed by atoms with E-state index >= 15 is 0 Å². The van der Waals surface area contributed by atoms with Gasteiger partial charge in [-0.25, -0.2) is 0 Å². The zero-order chi connectivity index (χ0) is 13.7. The molecule has 1 aromatic heterocycles. The topological polar surface area (TPSA) is 24.9 Å². The molecule has 1 heterocycles. The first kappa shape index (κ1) is 13.8. The number of aromatic nitrogens is 1. The zero-order valence-corrected chi connectivity index (χ0v) is 11.9. The van der Waals surface area contributed by atoms with Crippen molar-refractivity contribution in [1.29, 1.82) is 0 Å². The first-order valence-electron chi connectivity index (χ1n) is 6.93. The number of hydrogen-bond acceptors (Lipinski definition) is 2. The molecule has 0 aliphatic heterocycles. The molecule has 2 atom stereocenters. The summed E-state index contributed by atoms with van der Waals surface area (Å²) in [5.74, 6) is 0.346. The van der Waals surface area contributed by atoms with Crippen molar-refractivity contribution in [3.8, 4) is 0 Å². The monoisotopic (exact) mass is 254 g/mol. The van der Waals surface area contributed by atoms with Crippen molar-refractivity contribution in [2.24, 2.45) is 0 Å². The first-order chi connectivity index (χ1) is 9.26. The van der Waals surface area contributed by atoms with Gasteiger partial charge in [0.05, 0.1) is 0 Å². The predicted molar refractivity (Wildman–Crippen MR) is 80.3 cm³/mol. The van der Waals surface area contributed by atoms with Gasteiger partial charge in [0.1, 0.15) is 0 Å². The van der Waals surface area contributed by atoms with E-state index in [4.69, 9.17) is 0 Å². The van der Waals surface area contributed by atoms with Crippen LogP contribution in [-0.4, -0.2) is 12.0 Å². The van der Waals surface area contributed by atoms with E-state index < -0.39 is 0 Å². The van der Waals surface area contributed by atoms with Gasteiger partial charge in [0.2, 0.25) is 0 Å². The van der Waals surface area contributed by atoms with E-state index in [0.717, 1.165) is 12.1 Å². The lowest BCUT2D eigenvalue weighted by Crippen LogP contribution is -2.22. The van der Waals surface area contributed by atoms with Crippen molar-refractivity contribution in [1.82, 2.24) is 10.3 Å². The molecule has 0 aliphatic rings. The maximum absolute atomic E-state index is 4.47. The van der Waals surface area contributed by atoms with E-state index in [9.17, 15) is 0 Å². The highest BCUT2D eigenvalue weighted by atomic mass is 14.9. The lowest BCUT2D eigenvalue weighted by molar-refractivity contribution is 0.499. The summed E-state index contributed by atoms with van der Waals surface area (Å²) >= 11 is 0. The second-order valence-electron chi connectivity index (χ2n) is 4.90. The molecule has 2 unspecified atom stereocenters. The van der Waals surface area contributed by atoms with Crippen LogP contribution in [0, 0.1) is 0 Å². The van der Waals surface area contributed by atoms with Crippen molar-refractivity contribution >= 4 is 0 Å². The minimum absolute atomic E-state index is 0.292. The van der Waals surface area contributed by atoms with Crippen LogP contribution >= 0.6 is 0 Å². The van der Waals surface area contributed by atoms with Crippen LogP contribution in [0.4, 0.5) is 0 Å². The van der Waals surface area contributed by atoms with Crippen LogP contribution in [0.2, 0.25) is 0 Å². The molecule has 1 N–H and O–H groups in total. The molecular weight excluding hydrogens is 232 g/mol. The second-order valence-corrected chi connectivity index (χ2v) is 4.90. The smallest absolute Gasteiger partial charge is 0.0450 e. The summed E-state index contributed by atoms with van der Waals surface area (Å²) in [6.07, 6.45) is 2.94. The molecule has 0 amide bonds. The first-order valence-corrected chi connectivity index (χ1v) is 6.93. The Bertz CT molecular complexity index is 490. The molecule has 19 heavy (non-hydrogen) atoms. The Labute approximate surface area is 115 Å². The van der Waals surface area contributed by atoms with Gasteiger partial charge >= 0.3 is 0 Å². The average molecular weight is 254 g/mol. The fourth-order valence-electron chi connectivity index (χ4n) is 2.48. The van der Waals surface area contributed by atoms with Gasteiger partial charge in [-0.05, 0) is 36.7 Å². The van der Waals surface area contributed by atoms with Crippen LogP contribution in [0.1, 0.15) is 42.6 Å². The molecule has 0 bridgehead atoms. The van der Waals surface area contributed by atoms with Gasteiger partial charge in [-0.15, -0.1) is 0 Å². The minimum Gasteiger partial charge on any atom is -0.312 e. The average Bonchev–Trinajstić information content (AvgIpc) is 2.49. The SMILES string of the molecule is CCc1ccc(C(NC)C(C)c2ccccn2)cc1. The number of likely N-dealkylation sites (N-methyl/N-ethyl adjacent to an activating group) is 1. The molecule has 0 aliphatic carbocycles. The van der Waals surface area contributed by atoms with Crippen molar-refractivity contribution in [3.05, 3.63) is 65.5 Å². The number of nitrogens with zero attached hydrogens (tertiary/aromatic N) is 1. The Balaban J connectivity index is 2.23. The largest absolute Gasteiger partial charge is 0.312 e. The highest BCUT2D eigenvalue weighted by molar-refractivity contribution is 5.28. The lowest BCUT2D eigenvalue weighted by Gasteiger charge is -2.24. The van der Waals surface area contributed by atoms with Crippen molar-refractivity contribution in [2.45, 2.75) is 32.2 Å². The van der Waals surface area contributed by atoms with Crippen LogP contribution in [0.5, 0.6) is 0 Å². The summed E-state index contributed by atoms with van der Waals surface area (Å²) in [5.41, 5.74) is 3.82. The van der Waals surface area contributed by atoms with Crippen LogP contribution in [0.3, 0.4) is 0 Å². The molecule has 100 valence electrons. The summed E-state index contributed by atoms with van der Waals surface area (Å²) in [7, 11) is 2.01. The van der Waals surface area contributed by atoms with E-state index in [1.54, 1.807) is 0 Å². The van der Waals surface area contributed by atoms with Crippen LogP contribution in [-0.2, 0) is 6.42 Å². The van der Waals surface area contributed by atoms with Crippen molar-refractivity contribution in [3.63, 3.8) is 0 Å². The van der Waals surface area contributed by atoms with Gasteiger partial charge < -0.3 is 5.32 Å². The lowest BCUT2D eigenvalue weighted by atomic mass is 9.91. The molecular formula is C17H22N2. The Morgan fingerprint density at radius 2 is 1.84 bits per heavy atom. The van der Waals surface area contributed by atoms with Crippen molar-refractivity contribution in [2.75, 3.05) is 7.05 Å². The van der Waals surface area contributed by atoms with E-state index in [0.29, 0.717) is 12.0 Å². The third kappa shape index (κ3) is 3.21. The third-order valence-electron chi connectivity index (χ3n) is 3.71. The Morgan fingerprint density at radius 1 is 1.11 bits per heavy atom. The van der Waals surface area contributed by atoms with Gasteiger partial charge in [0, 0.05) is 23.9 Å². The molecule has 0 spiro atoms. The number of benzene rings is 1. The molecule has 2 rings (SSSR count). The third-order valence-corrected chi connectivity index (χ3v) is 3.71. The van der Waals surface area contributed by atoms with E-state index in [2.05, 4.69) is 54.5 Å². The number of rotatable bonds is 5. The van der Waals surface area contributed by atoms with Gasteiger partial charge in [-0.3, -0.25) is 4.98 Å². The van der Waals surface area contributed by atoms with Gasteiger partial charge in [-0.1, -0.05) is 44.2 Å². The van der Waals surface area contributed by atoms with Gasteiger partial charge in [0.25, 0.3) is 0 Å². The Kier molecular flexibility index (Phi) is 4.69. The fourth-order valence-corrected chi connectivity index (χ4v) is 2.48. The molecule has 0 saturated carbocycles. The molecule has 0 saturated heterocycles. The summed E-state index contributed by atoms with van der Waals surface area (Å²) < 4.78 is 0. The van der Waals surface area contributed by atoms with Crippen LogP contribution in [0.25, 0.3) is 0 Å². The maximum Gasteiger partial charge on any atom is 0.0450 e.